The molecule has 160 valence electrons. The van der Waals surface area contributed by atoms with E-state index in [2.05, 4.69) is 15.5 Å². The molecule has 2 amide bonds. The molecule has 2 heterocycles. The summed E-state index contributed by atoms with van der Waals surface area (Å²) in [5, 5.41) is 6.83. The van der Waals surface area contributed by atoms with Crippen molar-refractivity contribution in [3.8, 4) is 11.4 Å². The van der Waals surface area contributed by atoms with Crippen LogP contribution >= 0.6 is 0 Å². The zero-order chi connectivity index (χ0) is 21.1. The van der Waals surface area contributed by atoms with Crippen molar-refractivity contribution in [1.29, 1.82) is 0 Å². The average Bonchev–Trinajstić information content (AvgIpc) is 3.44. The number of likely N-dealkylation sites (tertiary alicyclic amines) is 1. The van der Waals surface area contributed by atoms with Gasteiger partial charge in [0, 0.05) is 18.0 Å². The molecule has 0 bridgehead atoms. The van der Waals surface area contributed by atoms with Crippen LogP contribution in [0.3, 0.4) is 0 Å². The minimum atomic E-state index is -0.494. The lowest BCUT2D eigenvalue weighted by atomic mass is 9.88. The van der Waals surface area contributed by atoms with E-state index >= 15 is 0 Å². The molecule has 2 fully saturated rings. The third-order valence-corrected chi connectivity index (χ3v) is 6.07. The summed E-state index contributed by atoms with van der Waals surface area (Å²) in [6.45, 7) is 2.40. The van der Waals surface area contributed by atoms with Gasteiger partial charge in [0.15, 0.2) is 0 Å². The Labute approximate surface area is 175 Å². The fourth-order valence-corrected chi connectivity index (χ4v) is 4.39. The molecule has 1 aliphatic heterocycles. The van der Waals surface area contributed by atoms with E-state index in [4.69, 9.17) is 4.52 Å². The highest BCUT2D eigenvalue weighted by molar-refractivity contribution is 5.89. The van der Waals surface area contributed by atoms with Gasteiger partial charge in [-0.2, -0.15) is 4.98 Å². The molecule has 30 heavy (non-hydrogen) atoms. The van der Waals surface area contributed by atoms with Crippen LogP contribution in [0.15, 0.2) is 28.8 Å². The molecule has 1 aromatic heterocycles. The number of nitrogens with zero attached hydrogens (tertiary/aromatic N) is 3. The normalized spacial score (nSPS) is 20.9. The number of carbonyl (C=O) groups excluding carboxylic acids is 2. The zero-order valence-corrected chi connectivity index (χ0v) is 17.1. The van der Waals surface area contributed by atoms with E-state index in [9.17, 15) is 14.0 Å². The van der Waals surface area contributed by atoms with Crippen LogP contribution in [0.25, 0.3) is 11.4 Å². The molecule has 1 aromatic carbocycles. The summed E-state index contributed by atoms with van der Waals surface area (Å²) in [5.41, 5.74) is 0.630. The Kier molecular flexibility index (Phi) is 6.11. The van der Waals surface area contributed by atoms with Crippen molar-refractivity contribution in [3.05, 3.63) is 36.0 Å². The Morgan fingerprint density at radius 3 is 2.60 bits per heavy atom. The van der Waals surface area contributed by atoms with E-state index in [-0.39, 0.29) is 29.4 Å². The number of rotatable bonds is 5. The Morgan fingerprint density at radius 1 is 1.13 bits per heavy atom. The summed E-state index contributed by atoms with van der Waals surface area (Å²) in [4.78, 5) is 31.9. The second-order valence-corrected chi connectivity index (χ2v) is 8.22. The van der Waals surface area contributed by atoms with Crippen LogP contribution in [0.2, 0.25) is 0 Å². The van der Waals surface area contributed by atoms with Crippen molar-refractivity contribution in [1.82, 2.24) is 20.4 Å². The van der Waals surface area contributed by atoms with Crippen molar-refractivity contribution in [2.45, 2.75) is 64.0 Å². The minimum Gasteiger partial charge on any atom is -0.343 e. The molecule has 7 nitrogen and oxygen atoms in total. The van der Waals surface area contributed by atoms with Gasteiger partial charge in [0.25, 0.3) is 0 Å². The van der Waals surface area contributed by atoms with Crippen molar-refractivity contribution in [3.63, 3.8) is 0 Å². The molecule has 4 rings (SSSR count). The topological polar surface area (TPSA) is 88.3 Å². The Bertz CT molecular complexity index is 892. The van der Waals surface area contributed by atoms with Gasteiger partial charge in [-0.3, -0.25) is 9.59 Å². The van der Waals surface area contributed by atoms with Gasteiger partial charge < -0.3 is 14.7 Å². The first kappa shape index (κ1) is 20.5. The predicted octanol–water partition coefficient (Wildman–Crippen LogP) is 3.62. The van der Waals surface area contributed by atoms with Crippen molar-refractivity contribution >= 4 is 11.8 Å². The molecule has 2 aliphatic rings. The van der Waals surface area contributed by atoms with E-state index in [1.807, 2.05) is 0 Å². The van der Waals surface area contributed by atoms with E-state index in [1.165, 1.54) is 18.6 Å². The van der Waals surface area contributed by atoms with Gasteiger partial charge in [-0.25, -0.2) is 4.39 Å². The summed E-state index contributed by atoms with van der Waals surface area (Å²) >= 11 is 0. The van der Waals surface area contributed by atoms with Crippen LogP contribution in [-0.2, 0) is 9.59 Å². The second kappa shape index (κ2) is 8.93. The number of halogens is 1. The minimum absolute atomic E-state index is 0.0544. The van der Waals surface area contributed by atoms with Gasteiger partial charge in [0.2, 0.25) is 23.5 Å². The highest BCUT2D eigenvalue weighted by atomic mass is 19.1. The standard InChI is InChI=1S/C22H27FN4O3/c1-14(21-25-19(26-30-21)15-9-11-17(23)12-10-15)24-20(28)18-8-5-13-27(18)22(29)16-6-3-2-4-7-16/h9-12,14,16,18H,2-8,13H2,1H3,(H,24,28). The Morgan fingerprint density at radius 2 is 1.87 bits per heavy atom. The SMILES string of the molecule is CC(NC(=O)C1CCCN1C(=O)C1CCCCC1)c1nc(-c2ccc(F)cc2)no1. The predicted molar refractivity (Wildman–Crippen MR) is 108 cm³/mol. The number of benzene rings is 1. The fourth-order valence-electron chi connectivity index (χ4n) is 4.39. The van der Waals surface area contributed by atoms with E-state index in [0.29, 0.717) is 24.4 Å². The number of hydrogen-bond donors (Lipinski definition) is 1. The molecule has 0 radical (unpaired) electrons. The van der Waals surface area contributed by atoms with Crippen LogP contribution in [0.4, 0.5) is 4.39 Å². The van der Waals surface area contributed by atoms with Crippen molar-refractivity contribution in [2.75, 3.05) is 6.54 Å². The van der Waals surface area contributed by atoms with Crippen LogP contribution in [0, 0.1) is 11.7 Å². The van der Waals surface area contributed by atoms with Crippen molar-refractivity contribution < 1.29 is 18.5 Å². The van der Waals surface area contributed by atoms with Gasteiger partial charge >= 0.3 is 0 Å². The fraction of sp³-hybridized carbons (Fsp3) is 0.545. The maximum absolute atomic E-state index is 13.1. The summed E-state index contributed by atoms with van der Waals surface area (Å²) in [7, 11) is 0. The van der Waals surface area contributed by atoms with Gasteiger partial charge in [-0.15, -0.1) is 0 Å². The smallest absolute Gasteiger partial charge is 0.249 e. The molecule has 1 aliphatic carbocycles. The molecule has 1 saturated carbocycles. The lowest BCUT2D eigenvalue weighted by molar-refractivity contribution is -0.142. The first-order valence-electron chi connectivity index (χ1n) is 10.7. The Hall–Kier alpha value is -2.77. The van der Waals surface area contributed by atoms with Gasteiger partial charge in [0.05, 0.1) is 0 Å². The number of hydrogen-bond acceptors (Lipinski definition) is 5. The average molecular weight is 414 g/mol. The molecule has 2 aromatic rings. The van der Waals surface area contributed by atoms with E-state index in [1.54, 1.807) is 24.0 Å². The maximum Gasteiger partial charge on any atom is 0.249 e. The summed E-state index contributed by atoms with van der Waals surface area (Å²) in [6.07, 6.45) is 6.72. The lowest BCUT2D eigenvalue weighted by Gasteiger charge is -2.30. The second-order valence-electron chi connectivity index (χ2n) is 8.22. The van der Waals surface area contributed by atoms with E-state index in [0.717, 1.165) is 32.1 Å². The number of carbonyl (C=O) groups is 2. The highest BCUT2D eigenvalue weighted by Crippen LogP contribution is 2.29. The number of amides is 2. The largest absolute Gasteiger partial charge is 0.343 e. The lowest BCUT2D eigenvalue weighted by Crippen LogP contribution is -2.48. The first-order valence-corrected chi connectivity index (χ1v) is 10.7. The molecule has 2 unspecified atom stereocenters. The van der Waals surface area contributed by atoms with Gasteiger partial charge in [0.1, 0.15) is 17.9 Å². The third kappa shape index (κ3) is 4.37. The van der Waals surface area contributed by atoms with Crippen molar-refractivity contribution in [2.24, 2.45) is 5.92 Å². The quantitative estimate of drug-likeness (QED) is 0.807. The van der Waals surface area contributed by atoms with Crippen LogP contribution in [0.5, 0.6) is 0 Å². The highest BCUT2D eigenvalue weighted by Gasteiger charge is 2.38. The van der Waals surface area contributed by atoms with Gasteiger partial charge in [-0.1, -0.05) is 24.4 Å². The Balaban J connectivity index is 1.39. The molecule has 0 spiro atoms. The summed E-state index contributed by atoms with van der Waals surface area (Å²) in [6, 6.07) is 4.86. The molecule has 1 N–H and O–H groups in total. The number of aromatic nitrogens is 2. The molecule has 2 atom stereocenters. The summed E-state index contributed by atoms with van der Waals surface area (Å²) in [5.74, 6) is 0.250. The monoisotopic (exact) mass is 414 g/mol. The van der Waals surface area contributed by atoms with Gasteiger partial charge in [-0.05, 0) is 56.9 Å². The van der Waals surface area contributed by atoms with Crippen LogP contribution in [-0.4, -0.2) is 39.4 Å². The third-order valence-electron chi connectivity index (χ3n) is 6.07. The zero-order valence-electron chi connectivity index (χ0n) is 17.1. The molecule has 1 saturated heterocycles. The molecular formula is C22H27FN4O3. The molecular weight excluding hydrogens is 387 g/mol. The van der Waals surface area contributed by atoms with Crippen LogP contribution < -0.4 is 5.32 Å². The number of nitrogens with one attached hydrogen (secondary N) is 1. The van der Waals surface area contributed by atoms with E-state index < -0.39 is 12.1 Å². The van der Waals surface area contributed by atoms with Crippen LogP contribution in [0.1, 0.15) is 63.8 Å². The molecule has 8 heteroatoms. The summed E-state index contributed by atoms with van der Waals surface area (Å²) < 4.78 is 18.4. The first-order chi connectivity index (χ1) is 14.5. The maximum atomic E-state index is 13.1.